The minimum atomic E-state index is -0.840. The number of hydrogen-bond donors (Lipinski definition) is 2. The zero-order chi connectivity index (χ0) is 14.8. The molecule has 106 valence electrons. The molecule has 3 N–H and O–H groups in total. The Labute approximate surface area is 118 Å². The quantitative estimate of drug-likeness (QED) is 0.878. The van der Waals surface area contributed by atoms with E-state index in [9.17, 15) is 4.79 Å². The molecule has 0 aromatic heterocycles. The number of methoxy groups -OCH3 is 1. The summed E-state index contributed by atoms with van der Waals surface area (Å²) in [6.07, 6.45) is 0.0190. The van der Waals surface area contributed by atoms with Gasteiger partial charge in [-0.05, 0) is 28.5 Å². The molecule has 0 bridgehead atoms. The summed E-state index contributed by atoms with van der Waals surface area (Å²) in [6, 6.07) is 11.7. The summed E-state index contributed by atoms with van der Waals surface area (Å²) < 4.78 is 5.20. The van der Waals surface area contributed by atoms with Crippen molar-refractivity contribution in [2.24, 2.45) is 5.73 Å². The van der Waals surface area contributed by atoms with Crippen LogP contribution in [0.2, 0.25) is 0 Å². The van der Waals surface area contributed by atoms with Crippen molar-refractivity contribution in [1.29, 1.82) is 0 Å². The van der Waals surface area contributed by atoms with E-state index < -0.39 is 11.4 Å². The Morgan fingerprint density at radius 2 is 1.90 bits per heavy atom. The van der Waals surface area contributed by atoms with Gasteiger partial charge in [0.15, 0.2) is 0 Å². The van der Waals surface area contributed by atoms with E-state index in [-0.39, 0.29) is 6.42 Å². The molecule has 0 saturated heterocycles. The first kappa shape index (κ1) is 14.3. The lowest BCUT2D eigenvalue weighted by Gasteiger charge is -2.27. The summed E-state index contributed by atoms with van der Waals surface area (Å²) in [5, 5.41) is 11.2. The lowest BCUT2D eigenvalue weighted by Crippen LogP contribution is -2.34. The predicted molar refractivity (Wildman–Crippen MR) is 79.2 cm³/mol. The van der Waals surface area contributed by atoms with Crippen molar-refractivity contribution in [2.75, 3.05) is 13.7 Å². The van der Waals surface area contributed by atoms with Crippen LogP contribution in [-0.2, 0) is 10.2 Å². The molecule has 1 unspecified atom stereocenters. The maximum atomic E-state index is 11.0. The molecule has 20 heavy (non-hydrogen) atoms. The van der Waals surface area contributed by atoms with Gasteiger partial charge in [0, 0.05) is 12.0 Å². The van der Waals surface area contributed by atoms with Crippen LogP contribution in [0.3, 0.4) is 0 Å². The molecule has 2 aromatic rings. The molecule has 0 aliphatic rings. The molecule has 4 heteroatoms. The zero-order valence-electron chi connectivity index (χ0n) is 11.7. The second-order valence-electron chi connectivity index (χ2n) is 5.26. The van der Waals surface area contributed by atoms with Crippen LogP contribution in [-0.4, -0.2) is 24.7 Å². The molecular formula is C16H19NO3. The molecule has 0 heterocycles. The summed E-state index contributed by atoms with van der Waals surface area (Å²) in [5.74, 6) is -0.0369. The average Bonchev–Trinajstić information content (AvgIpc) is 2.45. The van der Waals surface area contributed by atoms with Gasteiger partial charge < -0.3 is 15.6 Å². The SMILES string of the molecule is COc1ccc2cc(C(C)(CN)CC(=O)O)ccc2c1. The van der Waals surface area contributed by atoms with Crippen molar-refractivity contribution >= 4 is 16.7 Å². The van der Waals surface area contributed by atoms with Crippen LogP contribution in [0.5, 0.6) is 5.75 Å². The van der Waals surface area contributed by atoms with Gasteiger partial charge in [0.05, 0.1) is 13.5 Å². The molecule has 0 amide bonds. The van der Waals surface area contributed by atoms with Crippen molar-refractivity contribution in [3.63, 3.8) is 0 Å². The van der Waals surface area contributed by atoms with Crippen LogP contribution in [0.15, 0.2) is 36.4 Å². The van der Waals surface area contributed by atoms with Crippen LogP contribution in [0.4, 0.5) is 0 Å². The summed E-state index contributed by atoms with van der Waals surface area (Å²) in [4.78, 5) is 11.0. The third kappa shape index (κ3) is 2.75. The maximum absolute atomic E-state index is 11.0. The maximum Gasteiger partial charge on any atom is 0.304 e. The largest absolute Gasteiger partial charge is 0.497 e. The summed E-state index contributed by atoms with van der Waals surface area (Å²) in [7, 11) is 1.63. The fourth-order valence-corrected chi connectivity index (χ4v) is 2.35. The summed E-state index contributed by atoms with van der Waals surface area (Å²) in [5.41, 5.74) is 6.18. The minimum absolute atomic E-state index is 0.0190. The average molecular weight is 273 g/mol. The van der Waals surface area contributed by atoms with Gasteiger partial charge in [-0.3, -0.25) is 4.79 Å². The van der Waals surface area contributed by atoms with Gasteiger partial charge in [0.2, 0.25) is 0 Å². The van der Waals surface area contributed by atoms with E-state index in [0.29, 0.717) is 6.54 Å². The van der Waals surface area contributed by atoms with Gasteiger partial charge in [-0.15, -0.1) is 0 Å². The first-order chi connectivity index (χ1) is 9.48. The fraction of sp³-hybridized carbons (Fsp3) is 0.312. The number of ether oxygens (including phenoxy) is 1. The van der Waals surface area contributed by atoms with Gasteiger partial charge in [-0.1, -0.05) is 31.2 Å². The topological polar surface area (TPSA) is 72.5 Å². The van der Waals surface area contributed by atoms with E-state index in [1.165, 1.54) is 0 Å². The smallest absolute Gasteiger partial charge is 0.304 e. The van der Waals surface area contributed by atoms with E-state index in [1.54, 1.807) is 7.11 Å². The van der Waals surface area contributed by atoms with Gasteiger partial charge >= 0.3 is 5.97 Å². The number of carboxylic acids is 1. The van der Waals surface area contributed by atoms with Crippen molar-refractivity contribution in [3.8, 4) is 5.75 Å². The normalized spacial score (nSPS) is 13.9. The van der Waals surface area contributed by atoms with Crippen LogP contribution in [0.1, 0.15) is 18.9 Å². The van der Waals surface area contributed by atoms with Gasteiger partial charge in [0.1, 0.15) is 5.75 Å². The van der Waals surface area contributed by atoms with E-state index in [1.807, 2.05) is 43.3 Å². The second kappa shape index (κ2) is 5.51. The highest BCUT2D eigenvalue weighted by Gasteiger charge is 2.28. The number of carboxylic acid groups (broad SMARTS) is 1. The molecule has 1 atom stereocenters. The molecular weight excluding hydrogens is 254 g/mol. The Bertz CT molecular complexity index is 639. The number of hydrogen-bond acceptors (Lipinski definition) is 3. The molecule has 0 aliphatic carbocycles. The number of benzene rings is 2. The Morgan fingerprint density at radius 3 is 2.50 bits per heavy atom. The molecule has 4 nitrogen and oxygen atoms in total. The van der Waals surface area contributed by atoms with E-state index in [2.05, 4.69) is 0 Å². The summed E-state index contributed by atoms with van der Waals surface area (Å²) >= 11 is 0. The van der Waals surface area contributed by atoms with Gasteiger partial charge in [0.25, 0.3) is 0 Å². The Hall–Kier alpha value is -2.07. The van der Waals surface area contributed by atoms with Crippen LogP contribution in [0.25, 0.3) is 10.8 Å². The molecule has 0 radical (unpaired) electrons. The fourth-order valence-electron chi connectivity index (χ4n) is 2.35. The first-order valence-electron chi connectivity index (χ1n) is 6.49. The Morgan fingerprint density at radius 1 is 1.25 bits per heavy atom. The number of aliphatic carboxylic acids is 1. The summed E-state index contributed by atoms with van der Waals surface area (Å²) in [6.45, 7) is 2.17. The van der Waals surface area contributed by atoms with Gasteiger partial charge in [-0.25, -0.2) is 0 Å². The standard InChI is InChI=1S/C16H19NO3/c1-16(10-17,9-15(18)19)13-5-3-12-8-14(20-2)6-4-11(12)7-13/h3-8H,9-10,17H2,1-2H3,(H,18,19). The van der Waals surface area contributed by atoms with Crippen molar-refractivity contribution in [3.05, 3.63) is 42.0 Å². The molecule has 2 rings (SSSR count). The highest BCUT2D eigenvalue weighted by molar-refractivity contribution is 5.85. The molecule has 0 fully saturated rings. The van der Waals surface area contributed by atoms with Crippen LogP contribution < -0.4 is 10.5 Å². The third-order valence-electron chi connectivity index (χ3n) is 3.74. The predicted octanol–water partition coefficient (Wildman–Crippen LogP) is 2.54. The molecule has 0 saturated carbocycles. The van der Waals surface area contributed by atoms with Gasteiger partial charge in [-0.2, -0.15) is 0 Å². The molecule has 0 spiro atoms. The first-order valence-corrected chi connectivity index (χ1v) is 6.49. The van der Waals surface area contributed by atoms with Crippen molar-refractivity contribution < 1.29 is 14.6 Å². The van der Waals surface area contributed by atoms with Crippen molar-refractivity contribution in [1.82, 2.24) is 0 Å². The van der Waals surface area contributed by atoms with E-state index in [0.717, 1.165) is 22.1 Å². The lowest BCUT2D eigenvalue weighted by atomic mass is 9.79. The molecule has 2 aromatic carbocycles. The van der Waals surface area contributed by atoms with E-state index in [4.69, 9.17) is 15.6 Å². The number of carbonyl (C=O) groups is 1. The lowest BCUT2D eigenvalue weighted by molar-refractivity contribution is -0.138. The monoisotopic (exact) mass is 273 g/mol. The highest BCUT2D eigenvalue weighted by atomic mass is 16.5. The minimum Gasteiger partial charge on any atom is -0.497 e. The Balaban J connectivity index is 2.47. The number of rotatable bonds is 5. The highest BCUT2D eigenvalue weighted by Crippen LogP contribution is 2.30. The van der Waals surface area contributed by atoms with Crippen molar-refractivity contribution in [2.45, 2.75) is 18.8 Å². The second-order valence-corrected chi connectivity index (χ2v) is 5.26. The number of fused-ring (bicyclic) bond motifs is 1. The third-order valence-corrected chi connectivity index (χ3v) is 3.74. The number of nitrogens with two attached hydrogens (primary N) is 1. The van der Waals surface area contributed by atoms with Crippen LogP contribution >= 0.6 is 0 Å². The zero-order valence-corrected chi connectivity index (χ0v) is 11.7. The van der Waals surface area contributed by atoms with E-state index >= 15 is 0 Å². The molecule has 0 aliphatic heterocycles. The Kier molecular flexibility index (Phi) is 3.95. The van der Waals surface area contributed by atoms with Crippen LogP contribution in [0, 0.1) is 0 Å².